The third-order valence-corrected chi connectivity index (χ3v) is 2.80. The summed E-state index contributed by atoms with van der Waals surface area (Å²) in [5, 5.41) is 5.83. The van der Waals surface area contributed by atoms with Gasteiger partial charge in [0, 0.05) is 7.05 Å². The molecular weight excluding hydrogens is 212 g/mol. The first-order valence-electron chi connectivity index (χ1n) is 4.79. The lowest BCUT2D eigenvalue weighted by molar-refractivity contribution is 0.724. The van der Waals surface area contributed by atoms with E-state index < -0.39 is 0 Å². The monoisotopic (exact) mass is 224 g/mol. The van der Waals surface area contributed by atoms with Gasteiger partial charge in [0.25, 0.3) is 0 Å². The molecule has 0 bridgehead atoms. The van der Waals surface area contributed by atoms with E-state index in [4.69, 9.17) is 17.3 Å². The maximum atomic E-state index is 6.17. The van der Waals surface area contributed by atoms with Gasteiger partial charge in [0.05, 0.1) is 28.0 Å². The maximum absolute atomic E-state index is 6.17. The highest BCUT2D eigenvalue weighted by atomic mass is 35.5. The summed E-state index contributed by atoms with van der Waals surface area (Å²) in [4.78, 5) is 4.24. The first kappa shape index (κ1) is 10.2. The molecule has 0 aromatic carbocycles. The minimum absolute atomic E-state index is 0.301. The van der Waals surface area contributed by atoms with Gasteiger partial charge in [-0.25, -0.2) is 4.98 Å². The van der Waals surface area contributed by atoms with Gasteiger partial charge in [-0.15, -0.1) is 0 Å². The predicted octanol–water partition coefficient (Wildman–Crippen LogP) is 2.33. The number of nitrogens with zero attached hydrogens (tertiary/aromatic N) is 3. The van der Waals surface area contributed by atoms with Crippen LogP contribution in [-0.4, -0.2) is 14.8 Å². The molecule has 0 aliphatic heterocycles. The summed E-state index contributed by atoms with van der Waals surface area (Å²) in [7, 11) is 1.85. The van der Waals surface area contributed by atoms with Crippen molar-refractivity contribution in [1.29, 1.82) is 0 Å². The van der Waals surface area contributed by atoms with Crippen LogP contribution in [0.2, 0.25) is 5.02 Å². The van der Waals surface area contributed by atoms with Gasteiger partial charge in [-0.05, 0) is 5.92 Å². The summed E-state index contributed by atoms with van der Waals surface area (Å²) in [6.45, 7) is 4.14. The molecule has 2 aromatic rings. The van der Waals surface area contributed by atoms with Crippen LogP contribution in [0, 0.1) is 0 Å². The van der Waals surface area contributed by atoms with Gasteiger partial charge in [0.15, 0.2) is 5.65 Å². The molecule has 0 saturated heterocycles. The predicted molar refractivity (Wildman–Crippen MR) is 62.0 cm³/mol. The van der Waals surface area contributed by atoms with Crippen molar-refractivity contribution in [3.63, 3.8) is 0 Å². The van der Waals surface area contributed by atoms with E-state index in [1.165, 1.54) is 0 Å². The van der Waals surface area contributed by atoms with E-state index in [-0.39, 0.29) is 0 Å². The number of aryl methyl sites for hydroxylation is 1. The van der Waals surface area contributed by atoms with Crippen LogP contribution < -0.4 is 5.73 Å². The van der Waals surface area contributed by atoms with Gasteiger partial charge in [-0.3, -0.25) is 4.68 Å². The largest absolute Gasteiger partial charge is 0.396 e. The van der Waals surface area contributed by atoms with E-state index in [1.54, 1.807) is 10.9 Å². The molecule has 0 spiro atoms. The van der Waals surface area contributed by atoms with E-state index >= 15 is 0 Å². The zero-order valence-corrected chi connectivity index (χ0v) is 9.71. The summed E-state index contributed by atoms with van der Waals surface area (Å²) in [6.07, 6.45) is 1.57. The first-order valence-corrected chi connectivity index (χ1v) is 5.16. The van der Waals surface area contributed by atoms with Gasteiger partial charge in [0.2, 0.25) is 0 Å². The Morgan fingerprint density at radius 1 is 1.47 bits per heavy atom. The second-order valence-electron chi connectivity index (χ2n) is 3.89. The number of anilines is 1. The van der Waals surface area contributed by atoms with Crippen LogP contribution in [-0.2, 0) is 7.05 Å². The summed E-state index contributed by atoms with van der Waals surface area (Å²) in [5.74, 6) is 0.301. The average Bonchev–Trinajstić information content (AvgIpc) is 2.50. The third kappa shape index (κ3) is 1.45. The molecule has 0 amide bonds. The van der Waals surface area contributed by atoms with E-state index in [9.17, 15) is 0 Å². The van der Waals surface area contributed by atoms with Crippen LogP contribution in [0.4, 0.5) is 5.69 Å². The molecule has 2 aromatic heterocycles. The van der Waals surface area contributed by atoms with Crippen molar-refractivity contribution in [1.82, 2.24) is 14.8 Å². The van der Waals surface area contributed by atoms with Crippen molar-refractivity contribution < 1.29 is 0 Å². The molecule has 0 atom stereocenters. The Labute approximate surface area is 93.0 Å². The molecule has 0 saturated carbocycles. The topological polar surface area (TPSA) is 56.7 Å². The molecule has 0 unspecified atom stereocenters. The van der Waals surface area contributed by atoms with Crippen molar-refractivity contribution in [2.45, 2.75) is 19.8 Å². The van der Waals surface area contributed by atoms with Crippen LogP contribution in [0.1, 0.15) is 25.5 Å². The lowest BCUT2D eigenvalue weighted by atomic mass is 10.1. The fourth-order valence-electron chi connectivity index (χ4n) is 1.63. The first-order chi connectivity index (χ1) is 7.02. The molecule has 2 heterocycles. The van der Waals surface area contributed by atoms with Crippen LogP contribution in [0.15, 0.2) is 6.20 Å². The number of rotatable bonds is 1. The normalized spacial score (nSPS) is 11.5. The maximum Gasteiger partial charge on any atom is 0.159 e. The Bertz CT molecular complexity index is 516. The van der Waals surface area contributed by atoms with Gasteiger partial charge in [-0.1, -0.05) is 25.4 Å². The number of nitrogen functional groups attached to an aromatic ring is 1. The van der Waals surface area contributed by atoms with Crippen molar-refractivity contribution in [3.8, 4) is 0 Å². The van der Waals surface area contributed by atoms with Crippen molar-refractivity contribution >= 4 is 28.3 Å². The molecule has 2 N–H and O–H groups in total. The fraction of sp³-hybridized carbons (Fsp3) is 0.400. The van der Waals surface area contributed by atoms with E-state index in [2.05, 4.69) is 23.9 Å². The summed E-state index contributed by atoms with van der Waals surface area (Å²) < 4.78 is 1.73. The number of hydrogen-bond donors (Lipinski definition) is 1. The Balaban J connectivity index is 2.89. The molecule has 0 aliphatic rings. The van der Waals surface area contributed by atoms with E-state index in [1.807, 2.05) is 7.05 Å². The van der Waals surface area contributed by atoms with Gasteiger partial charge >= 0.3 is 0 Å². The van der Waals surface area contributed by atoms with Crippen molar-refractivity contribution in [3.05, 3.63) is 16.9 Å². The van der Waals surface area contributed by atoms with Gasteiger partial charge in [0.1, 0.15) is 0 Å². The zero-order chi connectivity index (χ0) is 11.2. The molecule has 0 aliphatic carbocycles. The number of fused-ring (bicyclic) bond motifs is 1. The summed E-state index contributed by atoms with van der Waals surface area (Å²) in [5.41, 5.74) is 7.95. The number of hydrogen-bond acceptors (Lipinski definition) is 3. The van der Waals surface area contributed by atoms with Crippen molar-refractivity contribution in [2.24, 2.45) is 7.05 Å². The molecule has 5 heteroatoms. The number of halogens is 1. The molecule has 2 rings (SSSR count). The van der Waals surface area contributed by atoms with E-state index in [0.717, 1.165) is 16.7 Å². The fourth-order valence-corrected chi connectivity index (χ4v) is 1.86. The van der Waals surface area contributed by atoms with E-state index in [0.29, 0.717) is 16.6 Å². The average molecular weight is 225 g/mol. The van der Waals surface area contributed by atoms with Crippen LogP contribution in [0.25, 0.3) is 11.0 Å². The molecular formula is C10H13ClN4. The van der Waals surface area contributed by atoms with Gasteiger partial charge in [-0.2, -0.15) is 5.10 Å². The van der Waals surface area contributed by atoms with Crippen LogP contribution in [0.5, 0.6) is 0 Å². The minimum atomic E-state index is 0.301. The number of aromatic nitrogens is 3. The summed E-state index contributed by atoms with van der Waals surface area (Å²) in [6, 6.07) is 0. The minimum Gasteiger partial charge on any atom is -0.396 e. The second kappa shape index (κ2) is 3.38. The lowest BCUT2D eigenvalue weighted by Gasteiger charge is -2.02. The highest BCUT2D eigenvalue weighted by molar-refractivity contribution is 6.37. The summed E-state index contributed by atoms with van der Waals surface area (Å²) >= 11 is 6.17. The Morgan fingerprint density at radius 2 is 2.13 bits per heavy atom. The second-order valence-corrected chi connectivity index (χ2v) is 4.27. The highest BCUT2D eigenvalue weighted by Crippen LogP contribution is 2.32. The SMILES string of the molecule is CC(C)c1nn(C)c2ncc(N)c(Cl)c12. The smallest absolute Gasteiger partial charge is 0.159 e. The van der Waals surface area contributed by atoms with Crippen molar-refractivity contribution in [2.75, 3.05) is 5.73 Å². The third-order valence-electron chi connectivity index (χ3n) is 2.39. The lowest BCUT2D eigenvalue weighted by Crippen LogP contribution is -1.93. The quantitative estimate of drug-likeness (QED) is 0.809. The molecule has 80 valence electrons. The number of nitrogens with two attached hydrogens (primary N) is 1. The Hall–Kier alpha value is -1.29. The molecule has 15 heavy (non-hydrogen) atoms. The zero-order valence-electron chi connectivity index (χ0n) is 8.95. The Morgan fingerprint density at radius 3 is 2.73 bits per heavy atom. The molecule has 0 radical (unpaired) electrons. The number of pyridine rings is 1. The van der Waals surface area contributed by atoms with Crippen LogP contribution >= 0.6 is 11.6 Å². The van der Waals surface area contributed by atoms with Crippen LogP contribution in [0.3, 0.4) is 0 Å². The molecule has 4 nitrogen and oxygen atoms in total. The molecule has 0 fully saturated rings. The van der Waals surface area contributed by atoms with Gasteiger partial charge < -0.3 is 5.73 Å². The Kier molecular flexibility index (Phi) is 2.31. The standard InChI is InChI=1S/C10H13ClN4/c1-5(2)9-7-8(11)6(12)4-13-10(7)15(3)14-9/h4-5H,12H2,1-3H3. The highest BCUT2D eigenvalue weighted by Gasteiger charge is 2.17.